The Bertz CT molecular complexity index is 273. The lowest BCUT2D eigenvalue weighted by Crippen LogP contribution is -2.39. The normalized spacial score (nSPS) is 25.5. The number of carbonyl (C=O) groups excluding carboxylic acids is 1. The first-order valence-corrected chi connectivity index (χ1v) is 5.91. The number of hydrogen-bond donors (Lipinski definition) is 0. The summed E-state index contributed by atoms with van der Waals surface area (Å²) in [6, 6.07) is 0.229. The zero-order valence-electron chi connectivity index (χ0n) is 11.7. The number of ether oxygens (including phenoxy) is 2. The van der Waals surface area contributed by atoms with Gasteiger partial charge in [-0.3, -0.25) is 0 Å². The average Bonchev–Trinajstić information content (AvgIpc) is 2.58. The van der Waals surface area contributed by atoms with Crippen molar-refractivity contribution >= 4 is 6.09 Å². The van der Waals surface area contributed by atoms with Gasteiger partial charge in [0.05, 0.1) is 18.7 Å². The lowest BCUT2D eigenvalue weighted by molar-refractivity contribution is 0.0250. The van der Waals surface area contributed by atoms with Crippen LogP contribution < -0.4 is 0 Å². The fraction of sp³-hybridized carbons (Fsp3) is 0.917. The molecule has 1 heterocycles. The Kier molecular flexibility index (Phi) is 4.38. The highest BCUT2D eigenvalue weighted by Gasteiger charge is 2.38. The first-order chi connectivity index (χ1) is 7.74. The molecule has 1 aliphatic heterocycles. The van der Waals surface area contributed by atoms with Crippen molar-refractivity contribution in [3.63, 3.8) is 0 Å². The molecular weight excluding hydrogens is 220 g/mol. The minimum atomic E-state index is -0.449. The van der Waals surface area contributed by atoms with E-state index in [2.05, 4.69) is 4.90 Å². The molecule has 2 atom stereocenters. The van der Waals surface area contributed by atoms with E-state index in [-0.39, 0.29) is 18.2 Å². The predicted octanol–water partition coefficient (Wildman–Crippen LogP) is 1.18. The third kappa shape index (κ3) is 3.85. The van der Waals surface area contributed by atoms with Crippen LogP contribution in [0.2, 0.25) is 0 Å². The third-order valence-electron chi connectivity index (χ3n) is 2.85. The van der Waals surface area contributed by atoms with Crippen molar-refractivity contribution in [3.05, 3.63) is 0 Å². The van der Waals surface area contributed by atoms with Gasteiger partial charge in [-0.25, -0.2) is 4.79 Å². The van der Waals surface area contributed by atoms with E-state index in [4.69, 9.17) is 9.47 Å². The number of likely N-dealkylation sites (tertiary alicyclic amines) is 1. The maximum atomic E-state index is 11.9. The second-order valence-corrected chi connectivity index (χ2v) is 5.69. The number of methoxy groups -OCH3 is 1. The Balaban J connectivity index is 2.61. The predicted molar refractivity (Wildman–Crippen MR) is 66.1 cm³/mol. The number of carbonyl (C=O) groups is 1. The van der Waals surface area contributed by atoms with Gasteiger partial charge in [0, 0.05) is 13.7 Å². The summed E-state index contributed by atoms with van der Waals surface area (Å²) in [5.41, 5.74) is -0.449. The third-order valence-corrected chi connectivity index (χ3v) is 2.85. The van der Waals surface area contributed by atoms with Crippen LogP contribution in [0.5, 0.6) is 0 Å². The van der Waals surface area contributed by atoms with Crippen molar-refractivity contribution in [3.8, 4) is 0 Å². The van der Waals surface area contributed by atoms with Gasteiger partial charge in [0.15, 0.2) is 0 Å². The fourth-order valence-corrected chi connectivity index (χ4v) is 1.96. The van der Waals surface area contributed by atoms with Gasteiger partial charge in [-0.2, -0.15) is 0 Å². The van der Waals surface area contributed by atoms with Gasteiger partial charge in [-0.1, -0.05) is 0 Å². The molecule has 100 valence electrons. The van der Waals surface area contributed by atoms with Gasteiger partial charge in [-0.15, -0.1) is 0 Å². The van der Waals surface area contributed by atoms with Crippen LogP contribution in [0, 0.1) is 0 Å². The van der Waals surface area contributed by atoms with E-state index in [9.17, 15) is 4.79 Å². The van der Waals surface area contributed by atoms with E-state index in [0.29, 0.717) is 13.1 Å². The summed E-state index contributed by atoms with van der Waals surface area (Å²) in [6.45, 7) is 6.86. The molecule has 1 aliphatic rings. The van der Waals surface area contributed by atoms with Crippen LogP contribution in [-0.4, -0.2) is 67.9 Å². The molecule has 1 amide bonds. The first-order valence-electron chi connectivity index (χ1n) is 5.91. The molecule has 0 aromatic carbocycles. The van der Waals surface area contributed by atoms with Crippen molar-refractivity contribution < 1.29 is 14.3 Å². The van der Waals surface area contributed by atoms with E-state index in [1.165, 1.54) is 0 Å². The molecule has 0 aromatic heterocycles. The molecule has 0 bridgehead atoms. The molecule has 17 heavy (non-hydrogen) atoms. The Morgan fingerprint density at radius 1 is 1.29 bits per heavy atom. The highest BCUT2D eigenvalue weighted by Crippen LogP contribution is 2.19. The number of hydrogen-bond acceptors (Lipinski definition) is 4. The van der Waals surface area contributed by atoms with Gasteiger partial charge in [0.1, 0.15) is 5.60 Å². The highest BCUT2D eigenvalue weighted by molar-refractivity contribution is 5.68. The summed E-state index contributed by atoms with van der Waals surface area (Å²) in [5.74, 6) is 0. The summed E-state index contributed by atoms with van der Waals surface area (Å²) >= 11 is 0. The van der Waals surface area contributed by atoms with Crippen LogP contribution in [0.3, 0.4) is 0 Å². The number of likely N-dealkylation sites (N-methyl/N-ethyl adjacent to an activating group) is 1. The number of amides is 1. The first kappa shape index (κ1) is 14.3. The fourth-order valence-electron chi connectivity index (χ4n) is 1.96. The van der Waals surface area contributed by atoms with E-state index >= 15 is 0 Å². The van der Waals surface area contributed by atoms with Crippen LogP contribution in [0.1, 0.15) is 20.8 Å². The topological polar surface area (TPSA) is 42.0 Å². The lowest BCUT2D eigenvalue weighted by atomic mass is 10.2. The van der Waals surface area contributed by atoms with Gasteiger partial charge in [0.25, 0.3) is 0 Å². The molecule has 1 rings (SSSR count). The van der Waals surface area contributed by atoms with Crippen LogP contribution in [0.4, 0.5) is 4.79 Å². The lowest BCUT2D eigenvalue weighted by Gasteiger charge is -2.25. The summed E-state index contributed by atoms with van der Waals surface area (Å²) in [6.07, 6.45) is -0.207. The van der Waals surface area contributed by atoms with Crippen LogP contribution in [0.15, 0.2) is 0 Å². The van der Waals surface area contributed by atoms with Crippen LogP contribution in [-0.2, 0) is 9.47 Å². The van der Waals surface area contributed by atoms with E-state index in [1.807, 2.05) is 34.9 Å². The van der Waals surface area contributed by atoms with E-state index in [0.717, 1.165) is 0 Å². The molecule has 0 spiro atoms. The molecule has 1 fully saturated rings. The van der Waals surface area contributed by atoms with Crippen molar-refractivity contribution in [1.82, 2.24) is 9.80 Å². The van der Waals surface area contributed by atoms with Crippen molar-refractivity contribution in [1.29, 1.82) is 0 Å². The molecule has 0 aliphatic carbocycles. The van der Waals surface area contributed by atoms with Gasteiger partial charge in [0.2, 0.25) is 0 Å². The minimum absolute atomic E-state index is 0.0533. The van der Waals surface area contributed by atoms with Gasteiger partial charge < -0.3 is 19.3 Å². The van der Waals surface area contributed by atoms with Crippen LogP contribution in [0.25, 0.3) is 0 Å². The molecule has 0 N–H and O–H groups in total. The summed E-state index contributed by atoms with van der Waals surface area (Å²) < 4.78 is 10.8. The Hall–Kier alpha value is -0.810. The molecule has 0 saturated carbocycles. The molecule has 5 nitrogen and oxygen atoms in total. The molecule has 0 radical (unpaired) electrons. The maximum absolute atomic E-state index is 11.9. The SMILES string of the molecule is CO[C@H]1CN(C(=O)OC(C)(C)C)C[C@H]1N(C)C. The summed E-state index contributed by atoms with van der Waals surface area (Å²) in [7, 11) is 5.67. The zero-order chi connectivity index (χ0) is 13.2. The Morgan fingerprint density at radius 3 is 2.24 bits per heavy atom. The molecular formula is C12H24N2O3. The minimum Gasteiger partial charge on any atom is -0.444 e. The summed E-state index contributed by atoms with van der Waals surface area (Å²) in [5, 5.41) is 0. The zero-order valence-corrected chi connectivity index (χ0v) is 11.7. The van der Waals surface area contributed by atoms with E-state index < -0.39 is 5.60 Å². The Morgan fingerprint density at radius 2 is 1.88 bits per heavy atom. The monoisotopic (exact) mass is 244 g/mol. The smallest absolute Gasteiger partial charge is 0.410 e. The van der Waals surface area contributed by atoms with Crippen molar-refractivity contribution in [2.45, 2.75) is 38.5 Å². The molecule has 5 heteroatoms. The van der Waals surface area contributed by atoms with Gasteiger partial charge >= 0.3 is 6.09 Å². The number of nitrogens with zero attached hydrogens (tertiary/aromatic N) is 2. The molecule has 0 aromatic rings. The van der Waals surface area contributed by atoms with Crippen molar-refractivity contribution in [2.75, 3.05) is 34.3 Å². The molecule has 1 saturated heterocycles. The van der Waals surface area contributed by atoms with E-state index in [1.54, 1.807) is 12.0 Å². The quantitative estimate of drug-likeness (QED) is 0.731. The largest absolute Gasteiger partial charge is 0.444 e. The highest BCUT2D eigenvalue weighted by atomic mass is 16.6. The molecule has 0 unspecified atom stereocenters. The van der Waals surface area contributed by atoms with Crippen LogP contribution >= 0.6 is 0 Å². The maximum Gasteiger partial charge on any atom is 0.410 e. The van der Waals surface area contributed by atoms with Crippen molar-refractivity contribution in [2.24, 2.45) is 0 Å². The average molecular weight is 244 g/mol. The van der Waals surface area contributed by atoms with Gasteiger partial charge in [-0.05, 0) is 34.9 Å². The summed E-state index contributed by atoms with van der Waals surface area (Å²) in [4.78, 5) is 15.7. The standard InChI is InChI=1S/C12H24N2O3/c1-12(2,3)17-11(15)14-7-9(13(4)5)10(8-14)16-6/h9-10H,7-8H2,1-6H3/t9-,10+/m1/s1. The second-order valence-electron chi connectivity index (χ2n) is 5.69. The second kappa shape index (κ2) is 5.23. The number of rotatable bonds is 2. The Labute approximate surface area is 104 Å².